The smallest absolute Gasteiger partial charge is 0.249 e. The fourth-order valence-corrected chi connectivity index (χ4v) is 5.11. The highest BCUT2D eigenvalue weighted by atomic mass is 16.5. The maximum absolute atomic E-state index is 13.5. The van der Waals surface area contributed by atoms with Crippen LogP contribution in [0.1, 0.15) is 49.8 Å². The Balaban J connectivity index is 1.41. The van der Waals surface area contributed by atoms with Crippen molar-refractivity contribution in [1.29, 1.82) is 0 Å². The predicted molar refractivity (Wildman–Crippen MR) is 152 cm³/mol. The zero-order valence-electron chi connectivity index (χ0n) is 24.0. The lowest BCUT2D eigenvalue weighted by Gasteiger charge is -2.35. The van der Waals surface area contributed by atoms with Crippen molar-refractivity contribution in [2.45, 2.75) is 46.1 Å². The van der Waals surface area contributed by atoms with E-state index in [0.717, 1.165) is 73.5 Å². The largest absolute Gasteiger partial charge is 0.493 e. The minimum Gasteiger partial charge on any atom is -0.493 e. The zero-order valence-corrected chi connectivity index (χ0v) is 24.0. The molecule has 0 atom stereocenters. The molecule has 212 valence electrons. The summed E-state index contributed by atoms with van der Waals surface area (Å²) in [5.41, 5.74) is 4.21. The monoisotopic (exact) mass is 538 g/mol. The first-order valence-corrected chi connectivity index (χ1v) is 13.9. The maximum atomic E-state index is 13.5. The number of amides is 1. The van der Waals surface area contributed by atoms with Crippen molar-refractivity contribution < 1.29 is 28.5 Å². The van der Waals surface area contributed by atoms with E-state index >= 15 is 0 Å². The number of hydrogen-bond donors (Lipinski definition) is 0. The average molecular weight is 539 g/mol. The number of piperazine rings is 1. The number of carbonyl (C=O) groups excluding carboxylic acids is 1. The molecule has 0 radical (unpaired) electrons. The molecule has 1 heterocycles. The molecule has 0 saturated carbocycles. The van der Waals surface area contributed by atoms with Gasteiger partial charge in [0.25, 0.3) is 0 Å². The summed E-state index contributed by atoms with van der Waals surface area (Å²) in [7, 11) is 4.86. The molecule has 1 fully saturated rings. The van der Waals surface area contributed by atoms with Crippen molar-refractivity contribution in [3.05, 3.63) is 46.5 Å². The Kier molecular flexibility index (Phi) is 9.98. The van der Waals surface area contributed by atoms with Crippen LogP contribution < -0.4 is 23.7 Å². The minimum absolute atomic E-state index is 0.135. The normalized spacial score (nSPS) is 15.3. The van der Waals surface area contributed by atoms with Crippen LogP contribution >= 0.6 is 0 Å². The van der Waals surface area contributed by atoms with Crippen LogP contribution in [0.2, 0.25) is 0 Å². The Labute approximate surface area is 232 Å². The predicted octanol–water partition coefficient (Wildman–Crippen LogP) is 4.96. The van der Waals surface area contributed by atoms with Crippen LogP contribution in [0.5, 0.6) is 28.7 Å². The second-order valence-electron chi connectivity index (χ2n) is 9.97. The highest BCUT2D eigenvalue weighted by Gasteiger charge is 2.26. The van der Waals surface area contributed by atoms with Gasteiger partial charge in [-0.05, 0) is 72.7 Å². The SMILES string of the molecule is CCCOc1cc2c(cc1OCCC)CCC(C(=O)N1CCN(Cc3cc(OC)c(OC)c(OC)c3)CC1)=C2. The third-order valence-electron chi connectivity index (χ3n) is 7.19. The number of rotatable bonds is 12. The molecule has 1 saturated heterocycles. The lowest BCUT2D eigenvalue weighted by molar-refractivity contribution is -0.129. The number of nitrogens with zero attached hydrogens (tertiary/aromatic N) is 2. The number of methoxy groups -OCH3 is 3. The zero-order chi connectivity index (χ0) is 27.8. The summed E-state index contributed by atoms with van der Waals surface area (Å²) in [6.45, 7) is 9.23. The van der Waals surface area contributed by atoms with Gasteiger partial charge in [-0.1, -0.05) is 13.8 Å². The Morgan fingerprint density at radius 3 is 1.95 bits per heavy atom. The number of benzene rings is 2. The molecular weight excluding hydrogens is 496 g/mol. The molecule has 0 unspecified atom stereocenters. The van der Waals surface area contributed by atoms with Gasteiger partial charge in [0.1, 0.15) is 0 Å². The number of aryl methyl sites for hydroxylation is 1. The van der Waals surface area contributed by atoms with Crippen LogP contribution in [0.4, 0.5) is 0 Å². The summed E-state index contributed by atoms with van der Waals surface area (Å²) in [5.74, 6) is 3.59. The van der Waals surface area contributed by atoms with E-state index in [4.69, 9.17) is 23.7 Å². The molecule has 4 rings (SSSR count). The molecule has 0 spiro atoms. The highest BCUT2D eigenvalue weighted by molar-refractivity contribution is 5.99. The average Bonchev–Trinajstić information content (AvgIpc) is 2.97. The van der Waals surface area contributed by atoms with Crippen molar-refractivity contribution in [2.24, 2.45) is 0 Å². The number of hydrogen-bond acceptors (Lipinski definition) is 7. The fourth-order valence-electron chi connectivity index (χ4n) is 5.11. The number of carbonyl (C=O) groups is 1. The summed E-state index contributed by atoms with van der Waals surface area (Å²) in [6, 6.07) is 8.11. The van der Waals surface area contributed by atoms with Crippen molar-refractivity contribution in [3.8, 4) is 28.7 Å². The van der Waals surface area contributed by atoms with Crippen LogP contribution in [-0.2, 0) is 17.8 Å². The molecule has 2 aromatic carbocycles. The number of ether oxygens (including phenoxy) is 5. The molecule has 8 nitrogen and oxygen atoms in total. The molecule has 0 aromatic heterocycles. The summed E-state index contributed by atoms with van der Waals surface area (Å²) >= 11 is 0. The molecular formula is C31H42N2O6. The molecule has 1 amide bonds. The summed E-state index contributed by atoms with van der Waals surface area (Å²) in [6.07, 6.45) is 5.48. The topological polar surface area (TPSA) is 69.7 Å². The molecule has 1 aliphatic carbocycles. The van der Waals surface area contributed by atoms with E-state index in [0.29, 0.717) is 43.6 Å². The summed E-state index contributed by atoms with van der Waals surface area (Å²) in [4.78, 5) is 17.8. The van der Waals surface area contributed by atoms with Crippen molar-refractivity contribution in [2.75, 3.05) is 60.7 Å². The van der Waals surface area contributed by atoms with Crippen molar-refractivity contribution in [1.82, 2.24) is 9.80 Å². The maximum Gasteiger partial charge on any atom is 0.249 e. The van der Waals surface area contributed by atoms with Crippen LogP contribution in [0.25, 0.3) is 6.08 Å². The highest BCUT2D eigenvalue weighted by Crippen LogP contribution is 2.39. The third-order valence-corrected chi connectivity index (χ3v) is 7.19. The van der Waals surface area contributed by atoms with Crippen LogP contribution in [-0.4, -0.2) is 76.4 Å². The van der Waals surface area contributed by atoms with Gasteiger partial charge in [0, 0.05) is 38.3 Å². The van der Waals surface area contributed by atoms with Gasteiger partial charge >= 0.3 is 0 Å². The Morgan fingerprint density at radius 2 is 1.38 bits per heavy atom. The second kappa shape index (κ2) is 13.6. The molecule has 2 aliphatic rings. The van der Waals surface area contributed by atoms with Gasteiger partial charge in [-0.25, -0.2) is 0 Å². The van der Waals surface area contributed by atoms with E-state index in [1.54, 1.807) is 21.3 Å². The Morgan fingerprint density at radius 1 is 0.769 bits per heavy atom. The van der Waals surface area contributed by atoms with Gasteiger partial charge in [-0.15, -0.1) is 0 Å². The van der Waals surface area contributed by atoms with E-state index < -0.39 is 0 Å². The van der Waals surface area contributed by atoms with Gasteiger partial charge in [0.2, 0.25) is 11.7 Å². The summed E-state index contributed by atoms with van der Waals surface area (Å²) in [5, 5.41) is 0. The van der Waals surface area contributed by atoms with Gasteiger partial charge in [-0.3, -0.25) is 9.69 Å². The second-order valence-corrected chi connectivity index (χ2v) is 9.97. The van der Waals surface area contributed by atoms with Gasteiger partial charge in [0.15, 0.2) is 23.0 Å². The van der Waals surface area contributed by atoms with E-state index in [2.05, 4.69) is 24.8 Å². The first-order valence-electron chi connectivity index (χ1n) is 13.9. The third kappa shape index (κ3) is 6.79. The van der Waals surface area contributed by atoms with Gasteiger partial charge < -0.3 is 28.6 Å². The van der Waals surface area contributed by atoms with E-state index in [9.17, 15) is 4.79 Å². The van der Waals surface area contributed by atoms with Crippen molar-refractivity contribution >= 4 is 12.0 Å². The van der Waals surface area contributed by atoms with Gasteiger partial charge in [0.05, 0.1) is 34.5 Å². The summed E-state index contributed by atoms with van der Waals surface area (Å²) < 4.78 is 28.4. The Hall–Kier alpha value is -3.39. The lowest BCUT2D eigenvalue weighted by Crippen LogP contribution is -2.48. The van der Waals surface area contributed by atoms with E-state index in [-0.39, 0.29) is 5.91 Å². The molecule has 0 bridgehead atoms. The standard InChI is InChI=1S/C31H42N2O6/c1-6-14-38-26-19-23-8-9-24(18-25(23)20-27(26)39-15-7-2)31(34)33-12-10-32(11-13-33)21-22-16-28(35-3)30(37-5)29(17-22)36-4/h16-20H,6-15,21H2,1-5H3. The number of fused-ring (bicyclic) bond motifs is 1. The fraction of sp³-hybridized carbons (Fsp3) is 0.516. The van der Waals surface area contributed by atoms with E-state index in [1.807, 2.05) is 29.2 Å². The van der Waals surface area contributed by atoms with Crippen LogP contribution in [0, 0.1) is 0 Å². The van der Waals surface area contributed by atoms with Gasteiger partial charge in [-0.2, -0.15) is 0 Å². The molecule has 1 aliphatic heterocycles. The quantitative estimate of drug-likeness (QED) is 0.378. The Bertz CT molecular complexity index is 1140. The first kappa shape index (κ1) is 28.6. The van der Waals surface area contributed by atoms with Crippen molar-refractivity contribution in [3.63, 3.8) is 0 Å². The van der Waals surface area contributed by atoms with Crippen LogP contribution in [0.3, 0.4) is 0 Å². The minimum atomic E-state index is 0.135. The lowest BCUT2D eigenvalue weighted by atomic mass is 9.91. The molecule has 0 N–H and O–H groups in total. The molecule has 8 heteroatoms. The first-order chi connectivity index (χ1) is 19.0. The molecule has 39 heavy (non-hydrogen) atoms. The van der Waals surface area contributed by atoms with Crippen LogP contribution in [0.15, 0.2) is 29.8 Å². The van der Waals surface area contributed by atoms with E-state index in [1.165, 1.54) is 5.56 Å². The molecule has 2 aromatic rings.